The molecule has 0 saturated carbocycles. The number of primary amides is 1. The number of amides is 2. The third-order valence-electron chi connectivity index (χ3n) is 3.30. The van der Waals surface area contributed by atoms with Crippen molar-refractivity contribution < 1.29 is 24.2 Å². The number of nitrogens with one attached hydrogen (secondary N) is 1. The van der Waals surface area contributed by atoms with E-state index in [2.05, 4.69) is 5.32 Å². The van der Waals surface area contributed by atoms with Gasteiger partial charge in [-0.15, -0.1) is 0 Å². The maximum Gasteiger partial charge on any atom is 0.332 e. The number of carbonyl (C=O) groups is 3. The van der Waals surface area contributed by atoms with Crippen molar-refractivity contribution in [2.24, 2.45) is 5.73 Å². The zero-order valence-corrected chi connectivity index (χ0v) is 11.2. The summed E-state index contributed by atoms with van der Waals surface area (Å²) in [6.07, 6.45) is -0.0391. The minimum absolute atomic E-state index is 0.250. The monoisotopic (exact) mass is 292 g/mol. The summed E-state index contributed by atoms with van der Waals surface area (Å²) in [6.45, 7) is 0.250. The quantitative estimate of drug-likeness (QED) is 0.713. The molecule has 0 radical (unpaired) electrons. The molecule has 1 aromatic carbocycles. The summed E-state index contributed by atoms with van der Waals surface area (Å²) < 4.78 is 5.28. The minimum Gasteiger partial charge on any atom is -0.479 e. The number of ether oxygens (including phenoxy) is 1. The Morgan fingerprint density at radius 3 is 2.33 bits per heavy atom. The molecule has 1 aromatic rings. The van der Waals surface area contributed by atoms with Crippen molar-refractivity contribution in [3.8, 4) is 0 Å². The Morgan fingerprint density at radius 2 is 1.81 bits per heavy atom. The lowest BCUT2D eigenvalue weighted by atomic mass is 10.1. The number of carbonyl (C=O) groups excluding carboxylic acids is 2. The molecule has 1 aliphatic rings. The van der Waals surface area contributed by atoms with Crippen molar-refractivity contribution in [3.05, 3.63) is 35.4 Å². The van der Waals surface area contributed by atoms with Crippen molar-refractivity contribution in [2.45, 2.75) is 25.0 Å². The minimum atomic E-state index is -0.981. The molecule has 1 fully saturated rings. The van der Waals surface area contributed by atoms with Crippen LogP contribution in [0.15, 0.2) is 24.3 Å². The van der Waals surface area contributed by atoms with E-state index in [-0.39, 0.29) is 18.6 Å². The summed E-state index contributed by atoms with van der Waals surface area (Å²) in [4.78, 5) is 33.6. The van der Waals surface area contributed by atoms with Crippen LogP contribution in [0, 0.1) is 0 Å². The molecule has 7 nitrogen and oxygen atoms in total. The SMILES string of the molecule is NC(=O)c1ccc(C(=O)NCC2CCC(C(=O)O)O2)cc1. The molecule has 1 aliphatic heterocycles. The fourth-order valence-corrected chi connectivity index (χ4v) is 2.13. The maximum absolute atomic E-state index is 11.9. The van der Waals surface area contributed by atoms with Crippen LogP contribution in [-0.4, -0.2) is 41.6 Å². The van der Waals surface area contributed by atoms with Gasteiger partial charge in [0, 0.05) is 17.7 Å². The summed E-state index contributed by atoms with van der Waals surface area (Å²) in [6, 6.07) is 5.96. The van der Waals surface area contributed by atoms with Crippen molar-refractivity contribution in [2.75, 3.05) is 6.54 Å². The fraction of sp³-hybridized carbons (Fsp3) is 0.357. The van der Waals surface area contributed by atoms with E-state index < -0.39 is 18.0 Å². The molecule has 112 valence electrons. The highest BCUT2D eigenvalue weighted by atomic mass is 16.5. The van der Waals surface area contributed by atoms with Gasteiger partial charge in [0.25, 0.3) is 5.91 Å². The summed E-state index contributed by atoms with van der Waals surface area (Å²) in [5.74, 6) is -1.85. The molecule has 2 atom stereocenters. The lowest BCUT2D eigenvalue weighted by Gasteiger charge is -2.12. The Balaban J connectivity index is 1.85. The molecule has 21 heavy (non-hydrogen) atoms. The van der Waals surface area contributed by atoms with Crippen LogP contribution >= 0.6 is 0 Å². The Morgan fingerprint density at radius 1 is 1.19 bits per heavy atom. The predicted octanol–water partition coefficient (Wildman–Crippen LogP) is 0.147. The Bertz CT molecular complexity index is 555. The second-order valence-corrected chi connectivity index (χ2v) is 4.81. The number of benzene rings is 1. The van der Waals surface area contributed by atoms with E-state index in [4.69, 9.17) is 15.6 Å². The van der Waals surface area contributed by atoms with Gasteiger partial charge in [-0.05, 0) is 37.1 Å². The maximum atomic E-state index is 11.9. The van der Waals surface area contributed by atoms with E-state index in [1.165, 1.54) is 24.3 Å². The Kier molecular flexibility index (Phi) is 4.54. The molecule has 0 aliphatic carbocycles. The summed E-state index contributed by atoms with van der Waals surface area (Å²) in [7, 11) is 0. The molecular weight excluding hydrogens is 276 g/mol. The standard InChI is InChI=1S/C14H16N2O5/c15-12(17)8-1-3-9(4-2-8)13(18)16-7-10-5-6-11(21-10)14(19)20/h1-4,10-11H,5-7H2,(H2,15,17)(H,16,18)(H,19,20). The Labute approximate surface area is 121 Å². The van der Waals surface area contributed by atoms with Crippen LogP contribution in [0.25, 0.3) is 0 Å². The van der Waals surface area contributed by atoms with Gasteiger partial charge in [-0.1, -0.05) is 0 Å². The van der Waals surface area contributed by atoms with Crippen LogP contribution in [0.4, 0.5) is 0 Å². The van der Waals surface area contributed by atoms with Gasteiger partial charge >= 0.3 is 5.97 Å². The highest BCUT2D eigenvalue weighted by Crippen LogP contribution is 2.19. The summed E-state index contributed by atoms with van der Waals surface area (Å²) >= 11 is 0. The van der Waals surface area contributed by atoms with Gasteiger partial charge in [0.15, 0.2) is 6.10 Å². The molecule has 1 heterocycles. The van der Waals surface area contributed by atoms with Crippen LogP contribution in [0.5, 0.6) is 0 Å². The second-order valence-electron chi connectivity index (χ2n) is 4.81. The average Bonchev–Trinajstić information content (AvgIpc) is 2.94. The van der Waals surface area contributed by atoms with E-state index in [0.29, 0.717) is 24.0 Å². The molecule has 0 aromatic heterocycles. The van der Waals surface area contributed by atoms with E-state index in [0.717, 1.165) is 0 Å². The molecule has 2 amide bonds. The van der Waals surface area contributed by atoms with Crippen LogP contribution in [0.1, 0.15) is 33.6 Å². The van der Waals surface area contributed by atoms with Gasteiger partial charge in [0.1, 0.15) is 0 Å². The van der Waals surface area contributed by atoms with E-state index in [1.54, 1.807) is 0 Å². The number of hydrogen-bond acceptors (Lipinski definition) is 4. The first kappa shape index (κ1) is 15.0. The first-order chi connectivity index (χ1) is 9.97. The third kappa shape index (κ3) is 3.79. The fourth-order valence-electron chi connectivity index (χ4n) is 2.13. The molecular formula is C14H16N2O5. The number of carboxylic acids is 1. The van der Waals surface area contributed by atoms with Crippen molar-refractivity contribution in [3.63, 3.8) is 0 Å². The van der Waals surface area contributed by atoms with Crippen molar-refractivity contribution >= 4 is 17.8 Å². The topological polar surface area (TPSA) is 119 Å². The van der Waals surface area contributed by atoms with Crippen LogP contribution in [0.3, 0.4) is 0 Å². The molecule has 0 bridgehead atoms. The third-order valence-corrected chi connectivity index (χ3v) is 3.30. The van der Waals surface area contributed by atoms with Crippen molar-refractivity contribution in [1.82, 2.24) is 5.32 Å². The molecule has 0 spiro atoms. The first-order valence-electron chi connectivity index (χ1n) is 6.53. The molecule has 7 heteroatoms. The summed E-state index contributed by atoms with van der Waals surface area (Å²) in [5.41, 5.74) is 5.84. The van der Waals surface area contributed by atoms with E-state index in [9.17, 15) is 14.4 Å². The highest BCUT2D eigenvalue weighted by Gasteiger charge is 2.30. The molecule has 2 unspecified atom stereocenters. The Hall–Kier alpha value is -2.41. The van der Waals surface area contributed by atoms with Gasteiger partial charge in [0.05, 0.1) is 6.10 Å². The van der Waals surface area contributed by atoms with Gasteiger partial charge < -0.3 is 20.9 Å². The number of nitrogens with two attached hydrogens (primary N) is 1. The van der Waals surface area contributed by atoms with Crippen LogP contribution in [0.2, 0.25) is 0 Å². The van der Waals surface area contributed by atoms with Gasteiger partial charge in [0.2, 0.25) is 5.91 Å². The number of rotatable bonds is 5. The lowest BCUT2D eigenvalue weighted by Crippen LogP contribution is -2.33. The molecule has 2 rings (SSSR count). The van der Waals surface area contributed by atoms with Gasteiger partial charge in [-0.25, -0.2) is 4.79 Å². The molecule has 4 N–H and O–H groups in total. The van der Waals surface area contributed by atoms with E-state index in [1.807, 2.05) is 0 Å². The largest absolute Gasteiger partial charge is 0.479 e. The van der Waals surface area contributed by atoms with Crippen LogP contribution in [-0.2, 0) is 9.53 Å². The number of carboxylic acid groups (broad SMARTS) is 1. The second kappa shape index (κ2) is 6.36. The van der Waals surface area contributed by atoms with E-state index >= 15 is 0 Å². The zero-order chi connectivity index (χ0) is 15.4. The van der Waals surface area contributed by atoms with Gasteiger partial charge in [-0.3, -0.25) is 9.59 Å². The average molecular weight is 292 g/mol. The van der Waals surface area contributed by atoms with Gasteiger partial charge in [-0.2, -0.15) is 0 Å². The van der Waals surface area contributed by atoms with Crippen LogP contribution < -0.4 is 11.1 Å². The zero-order valence-electron chi connectivity index (χ0n) is 11.2. The van der Waals surface area contributed by atoms with Crippen molar-refractivity contribution in [1.29, 1.82) is 0 Å². The normalized spacial score (nSPS) is 21.0. The smallest absolute Gasteiger partial charge is 0.332 e. The number of aliphatic carboxylic acids is 1. The number of hydrogen-bond donors (Lipinski definition) is 3. The summed E-state index contributed by atoms with van der Waals surface area (Å²) in [5, 5.41) is 11.5. The highest BCUT2D eigenvalue weighted by molar-refractivity contribution is 5.97. The lowest BCUT2D eigenvalue weighted by molar-refractivity contribution is -0.149. The molecule has 1 saturated heterocycles. The predicted molar refractivity (Wildman–Crippen MR) is 72.8 cm³/mol. The first-order valence-corrected chi connectivity index (χ1v) is 6.53.